The van der Waals surface area contributed by atoms with E-state index in [1.807, 2.05) is 10.3 Å². The van der Waals surface area contributed by atoms with Crippen molar-refractivity contribution in [1.82, 2.24) is 19.9 Å². The number of aromatic nitrogens is 3. The average molecular weight is 303 g/mol. The zero-order valence-corrected chi connectivity index (χ0v) is 12.6. The Morgan fingerprint density at radius 2 is 2.19 bits per heavy atom. The molecule has 0 unspecified atom stereocenters. The molecule has 1 atom stereocenters. The predicted molar refractivity (Wildman–Crippen MR) is 81.4 cm³/mol. The first-order valence-corrected chi connectivity index (χ1v) is 7.88. The molecule has 1 amide bonds. The lowest BCUT2D eigenvalue weighted by molar-refractivity contribution is -0.132. The van der Waals surface area contributed by atoms with Crippen LogP contribution in [0.25, 0.3) is 0 Å². The Morgan fingerprint density at radius 3 is 2.95 bits per heavy atom. The maximum atomic E-state index is 11.7. The summed E-state index contributed by atoms with van der Waals surface area (Å²) < 4.78 is 0. The minimum atomic E-state index is 0.0970. The van der Waals surface area contributed by atoms with Gasteiger partial charge in [-0.2, -0.15) is 0 Å². The zero-order chi connectivity index (χ0) is 14.7. The van der Waals surface area contributed by atoms with Crippen molar-refractivity contribution < 1.29 is 4.79 Å². The summed E-state index contributed by atoms with van der Waals surface area (Å²) in [6, 6.07) is 1.87. The van der Waals surface area contributed by atoms with E-state index in [0.29, 0.717) is 5.95 Å². The minimum Gasteiger partial charge on any atom is -0.334 e. The van der Waals surface area contributed by atoms with Gasteiger partial charge in [-0.15, -0.1) is 11.3 Å². The van der Waals surface area contributed by atoms with E-state index in [0.717, 1.165) is 36.6 Å². The number of likely N-dealkylation sites (tertiary alicyclic amines) is 1. The van der Waals surface area contributed by atoms with Gasteiger partial charge in [0.25, 0.3) is 0 Å². The van der Waals surface area contributed by atoms with Crippen molar-refractivity contribution in [2.75, 3.05) is 11.9 Å². The molecule has 110 valence electrons. The van der Waals surface area contributed by atoms with Gasteiger partial charge in [0.1, 0.15) is 0 Å². The summed E-state index contributed by atoms with van der Waals surface area (Å²) in [6.45, 7) is 2.45. The minimum absolute atomic E-state index is 0.0970. The topological polar surface area (TPSA) is 71.0 Å². The van der Waals surface area contributed by atoms with E-state index in [1.54, 1.807) is 25.4 Å². The molecule has 0 aromatic carbocycles. The lowest BCUT2D eigenvalue weighted by Gasteiger charge is -2.34. The molecule has 1 saturated heterocycles. The fourth-order valence-corrected chi connectivity index (χ4v) is 3.32. The third kappa shape index (κ3) is 3.18. The second kappa shape index (κ2) is 6.17. The Balaban J connectivity index is 1.76. The van der Waals surface area contributed by atoms with Gasteiger partial charge >= 0.3 is 0 Å². The summed E-state index contributed by atoms with van der Waals surface area (Å²) in [5.74, 6) is 0.652. The van der Waals surface area contributed by atoms with Crippen molar-refractivity contribution >= 4 is 28.3 Å². The molecule has 0 aliphatic carbocycles. The molecule has 0 radical (unpaired) electrons. The Morgan fingerprint density at radius 1 is 1.38 bits per heavy atom. The number of carbonyl (C=O) groups excluding carboxylic acids is 1. The van der Waals surface area contributed by atoms with Gasteiger partial charge in [-0.3, -0.25) is 4.79 Å². The number of carbonyl (C=O) groups is 1. The van der Waals surface area contributed by atoms with Crippen LogP contribution in [0.2, 0.25) is 0 Å². The van der Waals surface area contributed by atoms with E-state index < -0.39 is 0 Å². The van der Waals surface area contributed by atoms with Gasteiger partial charge in [0.2, 0.25) is 11.9 Å². The van der Waals surface area contributed by atoms with Gasteiger partial charge < -0.3 is 10.2 Å². The summed E-state index contributed by atoms with van der Waals surface area (Å²) in [5, 5.41) is 5.86. The van der Waals surface area contributed by atoms with Crippen LogP contribution in [0.3, 0.4) is 0 Å². The quantitative estimate of drug-likeness (QED) is 0.944. The highest BCUT2D eigenvalue weighted by Gasteiger charge is 2.27. The van der Waals surface area contributed by atoms with E-state index >= 15 is 0 Å². The van der Waals surface area contributed by atoms with Gasteiger partial charge in [-0.25, -0.2) is 15.0 Å². The van der Waals surface area contributed by atoms with Crippen molar-refractivity contribution in [3.63, 3.8) is 0 Å². The summed E-state index contributed by atoms with van der Waals surface area (Å²) in [6.07, 6.45) is 6.55. The van der Waals surface area contributed by atoms with E-state index in [-0.39, 0.29) is 11.9 Å². The SMILES string of the molecule is CC(=O)N1CCCC[C@@H]1c1csc(Nc2ncccn2)n1. The number of hydrogen-bond acceptors (Lipinski definition) is 6. The third-order valence-electron chi connectivity index (χ3n) is 3.56. The number of rotatable bonds is 3. The molecule has 1 fully saturated rings. The van der Waals surface area contributed by atoms with E-state index in [4.69, 9.17) is 0 Å². The molecule has 2 aromatic heterocycles. The highest BCUT2D eigenvalue weighted by molar-refractivity contribution is 7.13. The monoisotopic (exact) mass is 303 g/mol. The largest absolute Gasteiger partial charge is 0.334 e. The van der Waals surface area contributed by atoms with Crippen LogP contribution in [0.1, 0.15) is 37.9 Å². The maximum absolute atomic E-state index is 11.7. The Bertz CT molecular complexity index is 615. The normalized spacial score (nSPS) is 18.5. The number of anilines is 2. The first-order valence-electron chi connectivity index (χ1n) is 7.01. The molecule has 1 aliphatic heterocycles. The first kappa shape index (κ1) is 13.9. The van der Waals surface area contributed by atoms with E-state index in [2.05, 4.69) is 20.3 Å². The van der Waals surface area contributed by atoms with Crippen molar-refractivity contribution in [3.8, 4) is 0 Å². The molecule has 1 N–H and O–H groups in total. The molecule has 3 heterocycles. The molecule has 6 nitrogen and oxygen atoms in total. The highest BCUT2D eigenvalue weighted by atomic mass is 32.1. The number of nitrogens with zero attached hydrogens (tertiary/aromatic N) is 4. The van der Waals surface area contributed by atoms with Crippen molar-refractivity contribution in [1.29, 1.82) is 0 Å². The number of thiazole rings is 1. The molecule has 0 spiro atoms. The van der Waals surface area contributed by atoms with Crippen molar-refractivity contribution in [2.24, 2.45) is 0 Å². The van der Waals surface area contributed by atoms with Gasteiger partial charge in [-0.05, 0) is 25.3 Å². The summed E-state index contributed by atoms with van der Waals surface area (Å²) in [4.78, 5) is 26.5. The van der Waals surface area contributed by atoms with Crippen LogP contribution < -0.4 is 5.32 Å². The highest BCUT2D eigenvalue weighted by Crippen LogP contribution is 2.33. The number of hydrogen-bond donors (Lipinski definition) is 1. The van der Waals surface area contributed by atoms with Gasteiger partial charge in [0, 0.05) is 31.2 Å². The molecule has 21 heavy (non-hydrogen) atoms. The van der Waals surface area contributed by atoms with Gasteiger partial charge in [-0.1, -0.05) is 0 Å². The fourth-order valence-electron chi connectivity index (χ4n) is 2.57. The number of amides is 1. The fraction of sp³-hybridized carbons (Fsp3) is 0.429. The molecular weight excluding hydrogens is 286 g/mol. The van der Waals surface area contributed by atoms with Crippen LogP contribution in [-0.2, 0) is 4.79 Å². The van der Waals surface area contributed by atoms with Crippen LogP contribution in [-0.4, -0.2) is 32.3 Å². The van der Waals surface area contributed by atoms with Crippen LogP contribution in [0, 0.1) is 0 Å². The van der Waals surface area contributed by atoms with Crippen LogP contribution >= 0.6 is 11.3 Å². The number of nitrogens with one attached hydrogen (secondary N) is 1. The summed E-state index contributed by atoms with van der Waals surface area (Å²) >= 11 is 1.51. The molecule has 1 aliphatic rings. The zero-order valence-electron chi connectivity index (χ0n) is 11.8. The van der Waals surface area contributed by atoms with Crippen molar-refractivity contribution in [3.05, 3.63) is 29.5 Å². The van der Waals surface area contributed by atoms with Crippen LogP contribution in [0.5, 0.6) is 0 Å². The third-order valence-corrected chi connectivity index (χ3v) is 4.33. The predicted octanol–water partition coefficient (Wildman–Crippen LogP) is 2.75. The lowest BCUT2D eigenvalue weighted by atomic mass is 10.00. The second-order valence-corrected chi connectivity index (χ2v) is 5.86. The Labute approximate surface area is 127 Å². The van der Waals surface area contributed by atoms with E-state index in [9.17, 15) is 4.79 Å². The number of piperidine rings is 1. The Hall–Kier alpha value is -2.02. The molecule has 2 aromatic rings. The molecule has 3 rings (SSSR count). The van der Waals surface area contributed by atoms with E-state index in [1.165, 1.54) is 11.3 Å². The molecule has 0 saturated carbocycles. The van der Waals surface area contributed by atoms with Gasteiger partial charge in [0.05, 0.1) is 11.7 Å². The van der Waals surface area contributed by atoms with Crippen LogP contribution in [0.15, 0.2) is 23.8 Å². The van der Waals surface area contributed by atoms with Crippen LogP contribution in [0.4, 0.5) is 11.1 Å². The maximum Gasteiger partial charge on any atom is 0.228 e. The van der Waals surface area contributed by atoms with Crippen molar-refractivity contribution in [2.45, 2.75) is 32.2 Å². The second-order valence-electron chi connectivity index (χ2n) is 5.00. The summed E-state index contributed by atoms with van der Waals surface area (Å²) in [7, 11) is 0. The first-order chi connectivity index (χ1) is 10.2. The summed E-state index contributed by atoms with van der Waals surface area (Å²) in [5.41, 5.74) is 0.952. The van der Waals surface area contributed by atoms with Gasteiger partial charge in [0.15, 0.2) is 5.13 Å². The standard InChI is InChI=1S/C14H17N5OS/c1-10(20)19-8-3-2-5-12(19)11-9-21-14(17-11)18-13-15-6-4-7-16-13/h4,6-7,9,12H,2-3,5,8H2,1H3,(H,15,16,17,18)/t12-/m1/s1. The molecule has 0 bridgehead atoms. The average Bonchev–Trinajstić information content (AvgIpc) is 2.96. The molecule has 7 heteroatoms. The Kier molecular flexibility index (Phi) is 4.10. The lowest BCUT2D eigenvalue weighted by Crippen LogP contribution is -2.37. The smallest absolute Gasteiger partial charge is 0.228 e. The molecular formula is C14H17N5OS.